The maximum absolute atomic E-state index is 13.5. The van der Waals surface area contributed by atoms with E-state index in [1.165, 1.54) is 18.2 Å². The number of methoxy groups -OCH3 is 1. The topological polar surface area (TPSA) is 96.8 Å². The maximum Gasteiger partial charge on any atom is 0.326 e. The molecule has 1 N–H and O–H groups in total. The van der Waals surface area contributed by atoms with Crippen LogP contribution in [0.25, 0.3) is 10.9 Å². The molecule has 190 valence electrons. The van der Waals surface area contributed by atoms with E-state index in [1.54, 1.807) is 61.2 Å². The predicted molar refractivity (Wildman–Crippen MR) is 141 cm³/mol. The molecule has 0 spiro atoms. The number of nitrogens with zero attached hydrogens (tertiary/aromatic N) is 4. The Labute approximate surface area is 210 Å². The quantitative estimate of drug-likeness (QED) is 0.480. The predicted octanol–water partition coefficient (Wildman–Crippen LogP) is 3.90. The lowest BCUT2D eigenvalue weighted by Gasteiger charge is -2.27. The fraction of sp³-hybridized carbons (Fsp3) is 0.407. The van der Waals surface area contributed by atoms with Crippen molar-refractivity contribution in [2.75, 3.05) is 44.1 Å². The minimum Gasteiger partial charge on any atom is -0.383 e. The number of nitrogens with one attached hydrogen (secondary N) is 1. The number of hydrogen-bond donors (Lipinski definition) is 1. The van der Waals surface area contributed by atoms with Gasteiger partial charge in [0.15, 0.2) is 5.78 Å². The third-order valence-electron chi connectivity index (χ3n) is 6.56. The van der Waals surface area contributed by atoms with Gasteiger partial charge >= 0.3 is 6.03 Å². The molecule has 0 atom stereocenters. The number of Topliss-reactive ketones (excluding diaryl/α,β-unsaturated/α-hetero) is 1. The van der Waals surface area contributed by atoms with Crippen LogP contribution >= 0.6 is 0 Å². The fourth-order valence-corrected chi connectivity index (χ4v) is 4.45. The molecule has 0 bridgehead atoms. The zero-order chi connectivity index (χ0) is 25.7. The average molecular weight is 492 g/mol. The molecule has 1 aliphatic heterocycles. The Balaban J connectivity index is 1.60. The molecule has 0 aliphatic carbocycles. The SMILES string of the molecule is COCCn1c(CN2CCCCC2)nc2ccc(NC(=O)N(C)c3cccc(C(C)=O)c3)cc2c1=O. The van der Waals surface area contributed by atoms with Gasteiger partial charge in [-0.05, 0) is 63.2 Å². The van der Waals surface area contributed by atoms with Crippen LogP contribution in [0.5, 0.6) is 0 Å². The van der Waals surface area contributed by atoms with E-state index in [9.17, 15) is 14.4 Å². The lowest BCUT2D eigenvalue weighted by Crippen LogP contribution is -2.34. The van der Waals surface area contributed by atoms with Crippen LogP contribution in [0.2, 0.25) is 0 Å². The molecule has 1 aromatic heterocycles. The highest BCUT2D eigenvalue weighted by Gasteiger charge is 2.18. The van der Waals surface area contributed by atoms with E-state index in [4.69, 9.17) is 9.72 Å². The number of rotatable bonds is 8. The Morgan fingerprint density at radius 2 is 1.89 bits per heavy atom. The lowest BCUT2D eigenvalue weighted by atomic mass is 10.1. The molecule has 1 fully saturated rings. The molecule has 1 aliphatic rings. The molecule has 2 heterocycles. The number of fused-ring (bicyclic) bond motifs is 1. The van der Waals surface area contributed by atoms with E-state index in [0.29, 0.717) is 47.5 Å². The molecule has 36 heavy (non-hydrogen) atoms. The van der Waals surface area contributed by atoms with Crippen LogP contribution in [0.1, 0.15) is 42.4 Å². The van der Waals surface area contributed by atoms with E-state index in [2.05, 4.69) is 10.2 Å². The van der Waals surface area contributed by atoms with Gasteiger partial charge in [0.1, 0.15) is 5.82 Å². The van der Waals surface area contributed by atoms with E-state index in [1.807, 2.05) is 0 Å². The molecule has 0 unspecified atom stereocenters. The normalized spacial score (nSPS) is 14.1. The molecule has 9 heteroatoms. The summed E-state index contributed by atoms with van der Waals surface area (Å²) in [7, 11) is 3.24. The van der Waals surface area contributed by atoms with Crippen LogP contribution in [-0.2, 0) is 17.8 Å². The van der Waals surface area contributed by atoms with Crippen molar-refractivity contribution >= 4 is 34.1 Å². The first-order chi connectivity index (χ1) is 17.4. The van der Waals surface area contributed by atoms with Crippen LogP contribution in [0.15, 0.2) is 47.3 Å². The van der Waals surface area contributed by atoms with Crippen molar-refractivity contribution in [3.05, 3.63) is 64.2 Å². The van der Waals surface area contributed by atoms with Gasteiger partial charge in [0.25, 0.3) is 5.56 Å². The summed E-state index contributed by atoms with van der Waals surface area (Å²) in [6, 6.07) is 11.7. The lowest BCUT2D eigenvalue weighted by molar-refractivity contribution is 0.101. The number of benzene rings is 2. The van der Waals surface area contributed by atoms with Gasteiger partial charge in [0.2, 0.25) is 0 Å². The summed E-state index contributed by atoms with van der Waals surface area (Å²) in [6.07, 6.45) is 3.56. The van der Waals surface area contributed by atoms with Crippen LogP contribution in [0, 0.1) is 0 Å². The monoisotopic (exact) mass is 491 g/mol. The second-order valence-electron chi connectivity index (χ2n) is 9.14. The van der Waals surface area contributed by atoms with Gasteiger partial charge in [-0.1, -0.05) is 18.6 Å². The number of carbonyl (C=O) groups excluding carboxylic acids is 2. The summed E-state index contributed by atoms with van der Waals surface area (Å²) in [5.74, 6) is 0.658. The highest BCUT2D eigenvalue weighted by atomic mass is 16.5. The number of carbonyl (C=O) groups is 2. The van der Waals surface area contributed by atoms with Crippen LogP contribution in [-0.4, -0.2) is 60.1 Å². The molecule has 3 aromatic rings. The Morgan fingerprint density at radius 3 is 2.61 bits per heavy atom. The zero-order valence-electron chi connectivity index (χ0n) is 21.1. The average Bonchev–Trinajstić information content (AvgIpc) is 2.89. The summed E-state index contributed by atoms with van der Waals surface area (Å²) >= 11 is 0. The molecule has 0 radical (unpaired) electrons. The molecule has 4 rings (SSSR count). The van der Waals surface area contributed by atoms with Gasteiger partial charge in [-0.3, -0.25) is 24.0 Å². The number of urea groups is 1. The first kappa shape index (κ1) is 25.5. The van der Waals surface area contributed by atoms with Gasteiger partial charge in [-0.2, -0.15) is 0 Å². The molecule has 2 aromatic carbocycles. The van der Waals surface area contributed by atoms with Crippen LogP contribution < -0.4 is 15.8 Å². The fourth-order valence-electron chi connectivity index (χ4n) is 4.45. The van der Waals surface area contributed by atoms with Crippen molar-refractivity contribution in [2.24, 2.45) is 0 Å². The molecule has 9 nitrogen and oxygen atoms in total. The minimum atomic E-state index is -0.385. The van der Waals surface area contributed by atoms with E-state index < -0.39 is 0 Å². The number of ketones is 1. The van der Waals surface area contributed by atoms with Crippen molar-refractivity contribution in [2.45, 2.75) is 39.3 Å². The zero-order valence-corrected chi connectivity index (χ0v) is 21.1. The Kier molecular flexibility index (Phi) is 8.12. The Morgan fingerprint density at radius 1 is 1.11 bits per heavy atom. The summed E-state index contributed by atoms with van der Waals surface area (Å²) in [5, 5.41) is 3.28. The largest absolute Gasteiger partial charge is 0.383 e. The minimum absolute atomic E-state index is 0.0721. The number of ether oxygens (including phenoxy) is 1. The van der Waals surface area contributed by atoms with Crippen molar-refractivity contribution < 1.29 is 14.3 Å². The van der Waals surface area contributed by atoms with Gasteiger partial charge in [0, 0.05) is 31.1 Å². The summed E-state index contributed by atoms with van der Waals surface area (Å²) in [4.78, 5) is 46.7. The summed E-state index contributed by atoms with van der Waals surface area (Å²) in [6.45, 7) is 4.93. The van der Waals surface area contributed by atoms with Crippen LogP contribution in [0.3, 0.4) is 0 Å². The maximum atomic E-state index is 13.5. The summed E-state index contributed by atoms with van der Waals surface area (Å²) in [5.41, 5.74) is 2.06. The van der Waals surface area contributed by atoms with Crippen molar-refractivity contribution in [1.29, 1.82) is 0 Å². The van der Waals surface area contributed by atoms with Crippen LogP contribution in [0.4, 0.5) is 16.2 Å². The van der Waals surface area contributed by atoms with E-state index >= 15 is 0 Å². The Bertz CT molecular complexity index is 1310. The number of piperidine rings is 1. The second-order valence-corrected chi connectivity index (χ2v) is 9.14. The van der Waals surface area contributed by atoms with Gasteiger partial charge in [-0.15, -0.1) is 0 Å². The number of hydrogen-bond acceptors (Lipinski definition) is 6. The van der Waals surface area contributed by atoms with Gasteiger partial charge in [-0.25, -0.2) is 9.78 Å². The van der Waals surface area contributed by atoms with Crippen molar-refractivity contribution in [3.63, 3.8) is 0 Å². The highest BCUT2D eigenvalue weighted by Crippen LogP contribution is 2.20. The molecular weight excluding hydrogens is 458 g/mol. The third kappa shape index (κ3) is 5.80. The number of anilines is 2. The standard InChI is InChI=1S/C27H33N5O4/c1-19(33)20-8-7-9-22(16-20)30(2)27(35)28-21-10-11-24-23(17-21)26(34)32(14-15-36-3)25(29-24)18-31-12-5-4-6-13-31/h7-11,16-17H,4-6,12-15,18H2,1-3H3,(H,28,35). The third-order valence-corrected chi connectivity index (χ3v) is 6.56. The molecule has 1 saturated heterocycles. The number of likely N-dealkylation sites (tertiary alicyclic amines) is 1. The molecular formula is C27H33N5O4. The van der Waals surface area contributed by atoms with Gasteiger partial charge in [0.05, 0.1) is 30.6 Å². The number of amides is 2. The molecule has 0 saturated carbocycles. The smallest absolute Gasteiger partial charge is 0.326 e. The van der Waals surface area contributed by atoms with E-state index in [-0.39, 0.29) is 17.4 Å². The first-order valence-electron chi connectivity index (χ1n) is 12.3. The summed E-state index contributed by atoms with van der Waals surface area (Å²) < 4.78 is 6.93. The highest BCUT2D eigenvalue weighted by molar-refractivity contribution is 6.03. The molecule has 2 amide bonds. The van der Waals surface area contributed by atoms with E-state index in [0.717, 1.165) is 31.8 Å². The second kappa shape index (κ2) is 11.5. The van der Waals surface area contributed by atoms with Crippen molar-refractivity contribution in [3.8, 4) is 0 Å². The Hall–Kier alpha value is -3.56. The first-order valence-corrected chi connectivity index (χ1v) is 12.3. The number of aromatic nitrogens is 2. The van der Waals surface area contributed by atoms with Gasteiger partial charge < -0.3 is 10.1 Å². The van der Waals surface area contributed by atoms with Crippen molar-refractivity contribution in [1.82, 2.24) is 14.5 Å².